The molecule has 0 radical (unpaired) electrons. The van der Waals surface area contributed by atoms with Crippen molar-refractivity contribution < 1.29 is 14.3 Å². The summed E-state index contributed by atoms with van der Waals surface area (Å²) in [5, 5.41) is 3.36. The molecule has 2 heterocycles. The van der Waals surface area contributed by atoms with Gasteiger partial charge in [-0.25, -0.2) is 0 Å². The van der Waals surface area contributed by atoms with Crippen LogP contribution in [0.3, 0.4) is 0 Å². The van der Waals surface area contributed by atoms with Crippen LogP contribution in [0.2, 0.25) is 0 Å². The van der Waals surface area contributed by atoms with E-state index in [0.29, 0.717) is 6.54 Å². The molecular weight excluding hydrogens is 296 g/mol. The zero-order valence-corrected chi connectivity index (χ0v) is 14.6. The van der Waals surface area contributed by atoms with Gasteiger partial charge in [-0.1, -0.05) is 0 Å². The van der Waals surface area contributed by atoms with Gasteiger partial charge < -0.3 is 24.6 Å². The zero-order chi connectivity index (χ0) is 16.7. The van der Waals surface area contributed by atoms with E-state index in [4.69, 9.17) is 14.5 Å². The summed E-state index contributed by atoms with van der Waals surface area (Å²) >= 11 is 0. The number of methoxy groups -OCH3 is 1. The van der Waals surface area contributed by atoms with E-state index in [2.05, 4.69) is 17.1 Å². The molecule has 2 rings (SSSR count). The molecule has 0 bridgehead atoms. The Hall–Kier alpha value is -1.34. The Morgan fingerprint density at radius 3 is 2.35 bits per heavy atom. The molecule has 7 nitrogen and oxygen atoms in total. The number of guanidine groups is 1. The Balaban J connectivity index is 1.98. The minimum atomic E-state index is -0.208. The molecule has 7 heteroatoms. The fourth-order valence-corrected chi connectivity index (χ4v) is 3.05. The van der Waals surface area contributed by atoms with E-state index in [1.54, 1.807) is 14.0 Å². The van der Waals surface area contributed by atoms with E-state index in [0.717, 1.165) is 64.7 Å². The maximum Gasteiger partial charge on any atom is 0.219 e. The fourth-order valence-electron chi connectivity index (χ4n) is 3.05. The first kappa shape index (κ1) is 18.0. The molecule has 2 aliphatic heterocycles. The number of piperazine rings is 1. The lowest BCUT2D eigenvalue weighted by Crippen LogP contribution is -2.54. The van der Waals surface area contributed by atoms with Crippen LogP contribution >= 0.6 is 0 Å². The molecule has 23 heavy (non-hydrogen) atoms. The van der Waals surface area contributed by atoms with Crippen molar-refractivity contribution in [3.63, 3.8) is 0 Å². The van der Waals surface area contributed by atoms with Crippen LogP contribution in [0.4, 0.5) is 0 Å². The quantitative estimate of drug-likeness (QED) is 0.595. The smallest absolute Gasteiger partial charge is 0.219 e. The average molecular weight is 326 g/mol. The molecule has 0 atom stereocenters. The molecule has 0 aromatic heterocycles. The van der Waals surface area contributed by atoms with Crippen LogP contribution < -0.4 is 5.32 Å². The van der Waals surface area contributed by atoms with Gasteiger partial charge in [0.1, 0.15) is 0 Å². The highest BCUT2D eigenvalue weighted by Crippen LogP contribution is 2.24. The zero-order valence-electron chi connectivity index (χ0n) is 14.6. The van der Waals surface area contributed by atoms with Crippen molar-refractivity contribution in [1.82, 2.24) is 15.1 Å². The van der Waals surface area contributed by atoms with Crippen LogP contribution in [0, 0.1) is 0 Å². The van der Waals surface area contributed by atoms with Gasteiger partial charge in [0.15, 0.2) is 5.96 Å². The highest BCUT2D eigenvalue weighted by molar-refractivity contribution is 5.80. The molecule has 0 aromatic carbocycles. The van der Waals surface area contributed by atoms with Gasteiger partial charge in [0.05, 0.1) is 12.1 Å². The minimum Gasteiger partial charge on any atom is -0.381 e. The number of hydrogen-bond acceptors (Lipinski definition) is 4. The standard InChI is InChI=1S/C16H30N4O3/c1-4-17-15(20-9-7-19(8-10-20)14(2)21)18-13-16(22-3)5-11-23-12-6-16/h4-13H2,1-3H3,(H,17,18). The second kappa shape index (κ2) is 8.49. The lowest BCUT2D eigenvalue weighted by atomic mass is 9.94. The van der Waals surface area contributed by atoms with E-state index in [1.807, 2.05) is 4.90 Å². The second-order valence-electron chi connectivity index (χ2n) is 6.16. The van der Waals surface area contributed by atoms with Crippen LogP contribution in [-0.2, 0) is 14.3 Å². The lowest BCUT2D eigenvalue weighted by Gasteiger charge is -2.37. The molecule has 2 fully saturated rings. The van der Waals surface area contributed by atoms with Crippen molar-refractivity contribution in [2.75, 3.05) is 59.6 Å². The largest absolute Gasteiger partial charge is 0.381 e. The Bertz CT molecular complexity index is 414. The average Bonchev–Trinajstić information content (AvgIpc) is 2.59. The Morgan fingerprint density at radius 1 is 1.22 bits per heavy atom. The first-order chi connectivity index (χ1) is 11.1. The number of aliphatic imine (C=N–C) groups is 1. The summed E-state index contributed by atoms with van der Waals surface area (Å²) in [7, 11) is 1.76. The molecular formula is C16H30N4O3. The first-order valence-electron chi connectivity index (χ1n) is 8.52. The van der Waals surface area contributed by atoms with Gasteiger partial charge >= 0.3 is 0 Å². The van der Waals surface area contributed by atoms with E-state index in [-0.39, 0.29) is 11.5 Å². The molecule has 0 spiro atoms. The number of nitrogens with zero attached hydrogens (tertiary/aromatic N) is 3. The van der Waals surface area contributed by atoms with Crippen LogP contribution in [0.1, 0.15) is 26.7 Å². The number of hydrogen-bond donors (Lipinski definition) is 1. The Kier molecular flexibility index (Phi) is 6.65. The van der Waals surface area contributed by atoms with Gasteiger partial charge in [-0.05, 0) is 6.92 Å². The minimum absolute atomic E-state index is 0.145. The molecule has 2 saturated heterocycles. The summed E-state index contributed by atoms with van der Waals surface area (Å²) in [6.07, 6.45) is 1.76. The van der Waals surface area contributed by atoms with Gasteiger partial charge in [-0.2, -0.15) is 0 Å². The van der Waals surface area contributed by atoms with Crippen LogP contribution in [-0.4, -0.2) is 86.9 Å². The van der Waals surface area contributed by atoms with Gasteiger partial charge in [0.25, 0.3) is 0 Å². The van der Waals surface area contributed by atoms with Gasteiger partial charge in [-0.3, -0.25) is 9.79 Å². The maximum atomic E-state index is 11.4. The fraction of sp³-hybridized carbons (Fsp3) is 0.875. The van der Waals surface area contributed by atoms with Crippen LogP contribution in [0.5, 0.6) is 0 Å². The highest BCUT2D eigenvalue weighted by Gasteiger charge is 2.32. The number of rotatable bonds is 4. The third-order valence-corrected chi connectivity index (χ3v) is 4.71. The molecule has 2 aliphatic rings. The monoisotopic (exact) mass is 326 g/mol. The van der Waals surface area contributed by atoms with E-state index in [1.165, 1.54) is 0 Å². The molecule has 1 amide bonds. The third kappa shape index (κ3) is 4.81. The Morgan fingerprint density at radius 2 is 1.83 bits per heavy atom. The van der Waals surface area contributed by atoms with Crippen molar-refractivity contribution in [3.8, 4) is 0 Å². The SMILES string of the molecule is CCNC(=NCC1(OC)CCOCC1)N1CCN(C(C)=O)CC1. The molecule has 0 aliphatic carbocycles. The maximum absolute atomic E-state index is 11.4. The molecule has 132 valence electrons. The summed E-state index contributed by atoms with van der Waals surface area (Å²) in [5.41, 5.74) is -0.208. The molecule has 0 unspecified atom stereocenters. The van der Waals surface area contributed by atoms with E-state index >= 15 is 0 Å². The number of nitrogens with one attached hydrogen (secondary N) is 1. The second-order valence-corrected chi connectivity index (χ2v) is 6.16. The molecule has 0 aromatic rings. The topological polar surface area (TPSA) is 66.4 Å². The number of ether oxygens (including phenoxy) is 2. The highest BCUT2D eigenvalue weighted by atomic mass is 16.5. The van der Waals surface area contributed by atoms with Crippen molar-refractivity contribution in [2.24, 2.45) is 4.99 Å². The predicted octanol–water partition coefficient (Wildman–Crippen LogP) is 0.312. The number of amides is 1. The number of carbonyl (C=O) groups is 1. The van der Waals surface area contributed by atoms with Crippen LogP contribution in [0.15, 0.2) is 4.99 Å². The summed E-state index contributed by atoms with van der Waals surface area (Å²) in [4.78, 5) is 20.4. The molecule has 0 saturated carbocycles. The van der Waals surface area contributed by atoms with Crippen LogP contribution in [0.25, 0.3) is 0 Å². The number of carbonyl (C=O) groups excluding carboxylic acids is 1. The Labute approximate surface area is 139 Å². The van der Waals surface area contributed by atoms with Gasteiger partial charge in [0.2, 0.25) is 5.91 Å². The summed E-state index contributed by atoms with van der Waals surface area (Å²) in [6, 6.07) is 0. The summed E-state index contributed by atoms with van der Waals surface area (Å²) < 4.78 is 11.2. The molecule has 1 N–H and O–H groups in total. The van der Waals surface area contributed by atoms with E-state index < -0.39 is 0 Å². The van der Waals surface area contributed by atoms with Gasteiger partial charge in [-0.15, -0.1) is 0 Å². The van der Waals surface area contributed by atoms with Crippen molar-refractivity contribution in [3.05, 3.63) is 0 Å². The first-order valence-corrected chi connectivity index (χ1v) is 8.52. The third-order valence-electron chi connectivity index (χ3n) is 4.71. The van der Waals surface area contributed by atoms with Crippen molar-refractivity contribution in [1.29, 1.82) is 0 Å². The lowest BCUT2D eigenvalue weighted by molar-refractivity contribution is -0.130. The normalized spacial score (nSPS) is 22.1. The summed E-state index contributed by atoms with van der Waals surface area (Å²) in [6.45, 7) is 9.77. The van der Waals surface area contributed by atoms with Crippen molar-refractivity contribution >= 4 is 11.9 Å². The van der Waals surface area contributed by atoms with Gasteiger partial charge in [0, 0.05) is 72.8 Å². The van der Waals surface area contributed by atoms with Crippen molar-refractivity contribution in [2.45, 2.75) is 32.3 Å². The van der Waals surface area contributed by atoms with E-state index in [9.17, 15) is 4.79 Å². The summed E-state index contributed by atoms with van der Waals surface area (Å²) in [5.74, 6) is 1.06. The predicted molar refractivity (Wildman–Crippen MR) is 89.6 cm³/mol.